The van der Waals surface area contributed by atoms with E-state index in [1.54, 1.807) is 0 Å². The third-order valence-electron chi connectivity index (χ3n) is 5.87. The maximum Gasteiger partial charge on any atom is 0.293 e. The fraction of sp³-hybridized carbons (Fsp3) is 0.684. The molecule has 0 spiro atoms. The van der Waals surface area contributed by atoms with E-state index in [4.69, 9.17) is 0 Å². The number of rotatable bonds is 6. The molecule has 0 heterocycles. The Labute approximate surface area is 165 Å². The van der Waals surface area contributed by atoms with Gasteiger partial charge in [-0.05, 0) is 69.4 Å². The highest BCUT2D eigenvalue weighted by Gasteiger charge is 2.27. The average molecular weight is 412 g/mol. The normalized spacial score (nSPS) is 28.6. The molecule has 2 fully saturated rings. The summed E-state index contributed by atoms with van der Waals surface area (Å²) in [6.45, 7) is 2.16. The molecule has 28 heavy (non-hydrogen) atoms. The summed E-state index contributed by atoms with van der Waals surface area (Å²) in [4.78, 5) is 10.9. The molecule has 0 atom stereocenters. The molecule has 3 N–H and O–H groups in total. The topological polar surface area (TPSA) is 122 Å². The zero-order valence-corrected chi connectivity index (χ0v) is 17.0. The Morgan fingerprint density at radius 2 is 1.64 bits per heavy atom. The van der Waals surface area contributed by atoms with Crippen LogP contribution in [0.3, 0.4) is 0 Å². The van der Waals surface area contributed by atoms with Gasteiger partial charge in [0.25, 0.3) is 5.69 Å². The average Bonchev–Trinajstić information content (AvgIpc) is 2.65. The van der Waals surface area contributed by atoms with E-state index in [0.717, 1.165) is 44.6 Å². The standard InChI is InChI=1S/C19H29N3O5S/c1-13-2-4-15(5-3-13)21-28(26,27)17-10-11-18(19(12-17)22(24)25)20-14-6-8-16(23)9-7-14/h10-16,20-21,23H,2-9H2,1H3. The minimum Gasteiger partial charge on any atom is -0.393 e. The Kier molecular flexibility index (Phi) is 6.57. The summed E-state index contributed by atoms with van der Waals surface area (Å²) in [6.07, 6.45) is 5.97. The van der Waals surface area contributed by atoms with Crippen molar-refractivity contribution < 1.29 is 18.4 Å². The molecule has 0 saturated heterocycles. The second kappa shape index (κ2) is 8.75. The molecule has 3 rings (SSSR count). The molecule has 2 aliphatic carbocycles. The lowest BCUT2D eigenvalue weighted by atomic mass is 9.88. The van der Waals surface area contributed by atoms with Gasteiger partial charge < -0.3 is 10.4 Å². The lowest BCUT2D eigenvalue weighted by Crippen LogP contribution is -2.37. The first kappa shape index (κ1) is 21.0. The molecule has 0 aliphatic heterocycles. The molecule has 8 nitrogen and oxygen atoms in total. The van der Waals surface area contributed by atoms with E-state index in [0.29, 0.717) is 24.4 Å². The minimum atomic E-state index is -3.81. The minimum absolute atomic E-state index is 0.0342. The van der Waals surface area contributed by atoms with E-state index in [2.05, 4.69) is 17.0 Å². The summed E-state index contributed by atoms with van der Waals surface area (Å²) >= 11 is 0. The highest BCUT2D eigenvalue weighted by Crippen LogP contribution is 2.31. The quantitative estimate of drug-likeness (QED) is 0.488. The number of hydrogen-bond acceptors (Lipinski definition) is 6. The fourth-order valence-electron chi connectivity index (χ4n) is 4.06. The highest BCUT2D eigenvalue weighted by molar-refractivity contribution is 7.89. The Morgan fingerprint density at radius 1 is 1.04 bits per heavy atom. The number of hydrogen-bond donors (Lipinski definition) is 3. The molecule has 1 aromatic rings. The van der Waals surface area contributed by atoms with Gasteiger partial charge in [-0.1, -0.05) is 6.92 Å². The van der Waals surface area contributed by atoms with Crippen molar-refractivity contribution in [2.75, 3.05) is 5.32 Å². The van der Waals surface area contributed by atoms with Gasteiger partial charge in [0.05, 0.1) is 15.9 Å². The summed E-state index contributed by atoms with van der Waals surface area (Å²) in [5.74, 6) is 0.605. The first-order valence-electron chi connectivity index (χ1n) is 10.00. The van der Waals surface area contributed by atoms with E-state index in [1.165, 1.54) is 12.1 Å². The van der Waals surface area contributed by atoms with Gasteiger partial charge in [0, 0.05) is 18.2 Å². The van der Waals surface area contributed by atoms with Crippen molar-refractivity contribution in [1.29, 1.82) is 0 Å². The van der Waals surface area contributed by atoms with Crippen LogP contribution >= 0.6 is 0 Å². The third-order valence-corrected chi connectivity index (χ3v) is 7.39. The van der Waals surface area contributed by atoms with E-state index < -0.39 is 14.9 Å². The summed E-state index contributed by atoms with van der Waals surface area (Å²) in [7, 11) is -3.81. The first-order valence-corrected chi connectivity index (χ1v) is 11.5. The Balaban J connectivity index is 1.75. The number of nitrogens with one attached hydrogen (secondary N) is 2. The molecule has 2 aliphatic rings. The van der Waals surface area contributed by atoms with Gasteiger partial charge in [-0.25, -0.2) is 13.1 Å². The van der Waals surface area contributed by atoms with Crippen LogP contribution in [-0.2, 0) is 10.0 Å². The van der Waals surface area contributed by atoms with Gasteiger partial charge in [-0.2, -0.15) is 0 Å². The monoisotopic (exact) mass is 411 g/mol. The van der Waals surface area contributed by atoms with Crippen LogP contribution in [-0.4, -0.2) is 36.6 Å². The van der Waals surface area contributed by atoms with Gasteiger partial charge in [0.15, 0.2) is 0 Å². The number of sulfonamides is 1. The van der Waals surface area contributed by atoms with Crippen molar-refractivity contribution in [3.05, 3.63) is 28.3 Å². The molecule has 156 valence electrons. The van der Waals surface area contributed by atoms with Crippen LogP contribution in [0.5, 0.6) is 0 Å². The second-order valence-electron chi connectivity index (χ2n) is 8.16. The van der Waals surface area contributed by atoms with Gasteiger partial charge in [0.1, 0.15) is 5.69 Å². The largest absolute Gasteiger partial charge is 0.393 e. The number of nitro benzene ring substituents is 1. The van der Waals surface area contributed by atoms with Crippen molar-refractivity contribution >= 4 is 21.4 Å². The predicted molar refractivity (Wildman–Crippen MR) is 107 cm³/mol. The van der Waals surface area contributed by atoms with E-state index in [9.17, 15) is 23.6 Å². The molecule has 9 heteroatoms. The Hall–Kier alpha value is -1.71. The van der Waals surface area contributed by atoms with E-state index in [-0.39, 0.29) is 28.8 Å². The van der Waals surface area contributed by atoms with Crippen LogP contribution in [0.2, 0.25) is 0 Å². The zero-order valence-electron chi connectivity index (χ0n) is 16.1. The van der Waals surface area contributed by atoms with Crippen LogP contribution in [0.4, 0.5) is 11.4 Å². The number of nitrogens with zero attached hydrogens (tertiary/aromatic N) is 1. The lowest BCUT2D eigenvalue weighted by molar-refractivity contribution is -0.384. The SMILES string of the molecule is CC1CCC(NS(=O)(=O)c2ccc(NC3CCC(O)CC3)c([N+](=O)[O-])c2)CC1. The summed E-state index contributed by atoms with van der Waals surface area (Å²) in [5, 5.41) is 24.3. The van der Waals surface area contributed by atoms with Gasteiger partial charge in [0.2, 0.25) is 10.0 Å². The van der Waals surface area contributed by atoms with Gasteiger partial charge in [-0.3, -0.25) is 10.1 Å². The maximum atomic E-state index is 12.7. The van der Waals surface area contributed by atoms with Crippen LogP contribution in [0.15, 0.2) is 23.1 Å². The maximum absolute atomic E-state index is 12.7. The number of nitro groups is 1. The second-order valence-corrected chi connectivity index (χ2v) is 9.88. The molecule has 0 unspecified atom stereocenters. The Morgan fingerprint density at radius 3 is 2.25 bits per heavy atom. The Bertz CT molecular complexity index is 798. The molecular formula is C19H29N3O5S. The van der Waals surface area contributed by atoms with Crippen LogP contribution < -0.4 is 10.0 Å². The molecule has 0 amide bonds. The van der Waals surface area contributed by atoms with Crippen molar-refractivity contribution in [2.45, 2.75) is 81.4 Å². The van der Waals surface area contributed by atoms with Crippen molar-refractivity contribution in [3.63, 3.8) is 0 Å². The number of aliphatic hydroxyl groups excluding tert-OH is 1. The smallest absolute Gasteiger partial charge is 0.293 e. The zero-order chi connectivity index (χ0) is 20.3. The molecule has 0 bridgehead atoms. The van der Waals surface area contributed by atoms with Gasteiger partial charge in [-0.15, -0.1) is 0 Å². The molecular weight excluding hydrogens is 382 g/mol. The molecule has 2 saturated carbocycles. The van der Waals surface area contributed by atoms with Crippen molar-refractivity contribution in [3.8, 4) is 0 Å². The number of benzene rings is 1. The molecule has 0 radical (unpaired) electrons. The van der Waals surface area contributed by atoms with Gasteiger partial charge >= 0.3 is 0 Å². The first-order chi connectivity index (χ1) is 13.2. The predicted octanol–water partition coefficient (Wildman–Crippen LogP) is 3.17. The number of anilines is 1. The third kappa shape index (κ3) is 5.21. The molecule has 0 aromatic heterocycles. The summed E-state index contributed by atoms with van der Waals surface area (Å²) in [5.41, 5.74) is 0.0723. The number of aliphatic hydroxyl groups is 1. The van der Waals surface area contributed by atoms with E-state index >= 15 is 0 Å². The fourth-order valence-corrected chi connectivity index (χ4v) is 5.38. The van der Waals surface area contributed by atoms with E-state index in [1.807, 2.05) is 0 Å². The van der Waals surface area contributed by atoms with Crippen LogP contribution in [0.25, 0.3) is 0 Å². The van der Waals surface area contributed by atoms with Crippen LogP contribution in [0, 0.1) is 16.0 Å². The van der Waals surface area contributed by atoms with Crippen molar-refractivity contribution in [1.82, 2.24) is 4.72 Å². The van der Waals surface area contributed by atoms with Crippen LogP contribution in [0.1, 0.15) is 58.3 Å². The molecule has 1 aromatic carbocycles. The van der Waals surface area contributed by atoms with Crippen molar-refractivity contribution in [2.24, 2.45) is 5.92 Å². The summed E-state index contributed by atoms with van der Waals surface area (Å²) < 4.78 is 28.1. The lowest BCUT2D eigenvalue weighted by Gasteiger charge is -2.27. The highest BCUT2D eigenvalue weighted by atomic mass is 32.2. The summed E-state index contributed by atoms with van der Waals surface area (Å²) in [6, 6.07) is 3.94.